The number of methoxy groups -OCH3 is 3. The predicted octanol–water partition coefficient (Wildman–Crippen LogP) is 1.86. The molecule has 1 aliphatic carbocycles. The highest BCUT2D eigenvalue weighted by atomic mass is 16.5. The Hall–Kier alpha value is -2.44. The van der Waals surface area contributed by atoms with Gasteiger partial charge >= 0.3 is 5.97 Å². The molecular formula is C18H25NO6. The zero-order chi connectivity index (χ0) is 18.4. The van der Waals surface area contributed by atoms with E-state index in [0.717, 1.165) is 18.4 Å². The van der Waals surface area contributed by atoms with E-state index in [1.165, 1.54) is 21.3 Å². The monoisotopic (exact) mass is 351 g/mol. The summed E-state index contributed by atoms with van der Waals surface area (Å²) in [5.74, 6) is 0.891. The molecule has 0 aromatic heterocycles. The zero-order valence-corrected chi connectivity index (χ0v) is 15.1. The average Bonchev–Trinajstić information content (AvgIpc) is 3.42. The van der Waals surface area contributed by atoms with E-state index in [2.05, 4.69) is 5.32 Å². The molecule has 0 radical (unpaired) electrons. The number of rotatable bonds is 9. The molecule has 0 bridgehead atoms. The van der Waals surface area contributed by atoms with Gasteiger partial charge in [-0.15, -0.1) is 0 Å². The first-order valence-electron chi connectivity index (χ1n) is 8.27. The number of carbonyl (C=O) groups excluding carboxylic acids is 2. The van der Waals surface area contributed by atoms with E-state index in [-0.39, 0.29) is 18.4 Å². The second-order valence-electron chi connectivity index (χ2n) is 5.95. The van der Waals surface area contributed by atoms with Crippen molar-refractivity contribution in [3.8, 4) is 17.2 Å². The molecule has 1 aromatic carbocycles. The predicted molar refractivity (Wildman–Crippen MR) is 91.1 cm³/mol. The molecular weight excluding hydrogens is 326 g/mol. The van der Waals surface area contributed by atoms with Gasteiger partial charge in [0, 0.05) is 12.5 Å². The Balaban J connectivity index is 1.91. The van der Waals surface area contributed by atoms with Gasteiger partial charge in [0.15, 0.2) is 17.6 Å². The van der Waals surface area contributed by atoms with Crippen LogP contribution in [0.2, 0.25) is 0 Å². The summed E-state index contributed by atoms with van der Waals surface area (Å²) in [6.45, 7) is 1.58. The first kappa shape index (κ1) is 18.9. The largest absolute Gasteiger partial charge is 0.493 e. The van der Waals surface area contributed by atoms with Crippen molar-refractivity contribution in [2.75, 3.05) is 21.3 Å². The fraction of sp³-hybridized carbons (Fsp3) is 0.556. The van der Waals surface area contributed by atoms with Crippen LogP contribution in [0.15, 0.2) is 12.1 Å². The van der Waals surface area contributed by atoms with Gasteiger partial charge in [-0.25, -0.2) is 0 Å². The molecule has 0 saturated heterocycles. The van der Waals surface area contributed by atoms with Crippen LogP contribution < -0.4 is 19.5 Å². The maximum Gasteiger partial charge on any atom is 0.306 e. The van der Waals surface area contributed by atoms with Crippen LogP contribution >= 0.6 is 0 Å². The molecule has 1 N–H and O–H groups in total. The minimum absolute atomic E-state index is 0.152. The van der Waals surface area contributed by atoms with Gasteiger partial charge in [0.25, 0.3) is 5.91 Å². The highest BCUT2D eigenvalue weighted by molar-refractivity contribution is 5.83. The molecule has 1 amide bonds. The minimum atomic E-state index is -0.784. The summed E-state index contributed by atoms with van der Waals surface area (Å²) in [6, 6.07) is 3.82. The molecule has 7 heteroatoms. The van der Waals surface area contributed by atoms with Crippen LogP contribution in [-0.2, 0) is 20.7 Å². The van der Waals surface area contributed by atoms with Crippen molar-refractivity contribution >= 4 is 11.9 Å². The quantitative estimate of drug-likeness (QED) is 0.684. The van der Waals surface area contributed by atoms with Crippen LogP contribution in [0.1, 0.15) is 31.7 Å². The summed E-state index contributed by atoms with van der Waals surface area (Å²) < 4.78 is 21.0. The number of hydrogen-bond acceptors (Lipinski definition) is 6. The Kier molecular flexibility index (Phi) is 6.50. The van der Waals surface area contributed by atoms with Crippen LogP contribution in [0.3, 0.4) is 0 Å². The summed E-state index contributed by atoms with van der Waals surface area (Å²) in [5.41, 5.74) is 0.849. The maximum atomic E-state index is 12.0. The Morgan fingerprint density at radius 3 is 2.20 bits per heavy atom. The summed E-state index contributed by atoms with van der Waals surface area (Å²) in [7, 11) is 4.61. The lowest BCUT2D eigenvalue weighted by atomic mass is 10.1. The molecule has 0 spiro atoms. The van der Waals surface area contributed by atoms with Crippen molar-refractivity contribution < 1.29 is 28.5 Å². The normalized spacial score (nSPS) is 14.4. The Morgan fingerprint density at radius 1 is 1.12 bits per heavy atom. The summed E-state index contributed by atoms with van der Waals surface area (Å²) in [4.78, 5) is 23.8. The summed E-state index contributed by atoms with van der Waals surface area (Å²) in [5, 5.41) is 2.81. The molecule has 138 valence electrons. The number of hydrogen-bond donors (Lipinski definition) is 1. The lowest BCUT2D eigenvalue weighted by Gasteiger charge is -2.15. The average molecular weight is 351 g/mol. The summed E-state index contributed by atoms with van der Waals surface area (Å²) in [6.07, 6.45) is 1.79. The van der Waals surface area contributed by atoms with Gasteiger partial charge < -0.3 is 24.3 Å². The van der Waals surface area contributed by atoms with Gasteiger partial charge in [-0.05, 0) is 43.9 Å². The van der Waals surface area contributed by atoms with Gasteiger partial charge in [0.2, 0.25) is 5.75 Å². The minimum Gasteiger partial charge on any atom is -0.493 e. The number of benzene rings is 1. The molecule has 0 unspecified atom stereocenters. The Labute approximate surface area is 147 Å². The standard InChI is InChI=1S/C18H25NO6/c1-11(18(21)19-13-6-7-13)25-16(20)8-5-12-9-14(22-2)17(24-4)15(10-12)23-3/h9-11,13H,5-8H2,1-4H3,(H,19,21)/t11-/m0/s1. The second kappa shape index (κ2) is 8.60. The van der Waals surface area contributed by atoms with Crippen LogP contribution in [0.5, 0.6) is 17.2 Å². The van der Waals surface area contributed by atoms with Gasteiger partial charge in [-0.2, -0.15) is 0 Å². The molecule has 1 aliphatic rings. The van der Waals surface area contributed by atoms with Crippen LogP contribution in [0, 0.1) is 0 Å². The smallest absolute Gasteiger partial charge is 0.306 e. The molecule has 0 heterocycles. The Bertz CT molecular complexity index is 601. The number of carbonyl (C=O) groups is 2. The van der Waals surface area contributed by atoms with Crippen molar-refractivity contribution in [2.24, 2.45) is 0 Å². The van der Waals surface area contributed by atoms with Gasteiger partial charge in [-0.1, -0.05) is 0 Å². The molecule has 1 fully saturated rings. The third-order valence-corrected chi connectivity index (χ3v) is 3.94. The molecule has 2 rings (SSSR count). The van der Waals surface area contributed by atoms with E-state index in [9.17, 15) is 9.59 Å². The maximum absolute atomic E-state index is 12.0. The molecule has 1 saturated carbocycles. The van der Waals surface area contributed by atoms with E-state index >= 15 is 0 Å². The second-order valence-corrected chi connectivity index (χ2v) is 5.95. The van der Waals surface area contributed by atoms with E-state index in [1.807, 2.05) is 0 Å². The van der Waals surface area contributed by atoms with Crippen molar-refractivity contribution in [2.45, 2.75) is 44.8 Å². The number of esters is 1. The van der Waals surface area contributed by atoms with Gasteiger partial charge in [-0.3, -0.25) is 9.59 Å². The van der Waals surface area contributed by atoms with Gasteiger partial charge in [0.1, 0.15) is 0 Å². The van der Waals surface area contributed by atoms with Crippen LogP contribution in [0.4, 0.5) is 0 Å². The van der Waals surface area contributed by atoms with E-state index < -0.39 is 12.1 Å². The lowest BCUT2D eigenvalue weighted by molar-refractivity contribution is -0.154. The van der Waals surface area contributed by atoms with Crippen molar-refractivity contribution in [1.82, 2.24) is 5.32 Å². The topological polar surface area (TPSA) is 83.1 Å². The highest BCUT2D eigenvalue weighted by Gasteiger charge is 2.27. The molecule has 1 aromatic rings. The highest BCUT2D eigenvalue weighted by Crippen LogP contribution is 2.38. The first-order chi connectivity index (χ1) is 12.0. The third kappa shape index (κ3) is 5.27. The number of ether oxygens (including phenoxy) is 4. The number of aryl methyl sites for hydroxylation is 1. The first-order valence-corrected chi connectivity index (χ1v) is 8.27. The van der Waals surface area contributed by atoms with Gasteiger partial charge in [0.05, 0.1) is 21.3 Å². The molecule has 1 atom stereocenters. The zero-order valence-electron chi connectivity index (χ0n) is 15.1. The van der Waals surface area contributed by atoms with E-state index in [1.54, 1.807) is 19.1 Å². The van der Waals surface area contributed by atoms with Crippen molar-refractivity contribution in [3.05, 3.63) is 17.7 Å². The van der Waals surface area contributed by atoms with Crippen molar-refractivity contribution in [1.29, 1.82) is 0 Å². The number of amides is 1. The number of nitrogens with one attached hydrogen (secondary N) is 1. The Morgan fingerprint density at radius 2 is 1.72 bits per heavy atom. The fourth-order valence-corrected chi connectivity index (χ4v) is 2.38. The summed E-state index contributed by atoms with van der Waals surface area (Å²) >= 11 is 0. The third-order valence-electron chi connectivity index (χ3n) is 3.94. The molecule has 7 nitrogen and oxygen atoms in total. The molecule has 25 heavy (non-hydrogen) atoms. The van der Waals surface area contributed by atoms with Crippen LogP contribution in [-0.4, -0.2) is 45.4 Å². The molecule has 0 aliphatic heterocycles. The van der Waals surface area contributed by atoms with Crippen LogP contribution in [0.25, 0.3) is 0 Å². The van der Waals surface area contributed by atoms with E-state index in [4.69, 9.17) is 18.9 Å². The lowest BCUT2D eigenvalue weighted by Crippen LogP contribution is -2.37. The van der Waals surface area contributed by atoms with Crippen molar-refractivity contribution in [3.63, 3.8) is 0 Å². The fourth-order valence-electron chi connectivity index (χ4n) is 2.38. The van der Waals surface area contributed by atoms with E-state index in [0.29, 0.717) is 23.7 Å². The SMILES string of the molecule is COc1cc(CCC(=O)O[C@@H](C)C(=O)NC2CC2)cc(OC)c1OC.